The van der Waals surface area contributed by atoms with E-state index in [1.807, 2.05) is 12.1 Å². The minimum Gasteiger partial charge on any atom is -0.478 e. The average Bonchev–Trinajstić information content (AvgIpc) is 2.82. The topological polar surface area (TPSA) is 75.1 Å². The lowest BCUT2D eigenvalue weighted by molar-refractivity contribution is 0.0696. The summed E-state index contributed by atoms with van der Waals surface area (Å²) >= 11 is 1.42. The fraction of sp³-hybridized carbons (Fsp3) is 0.182. The number of carboxylic acids is 1. The van der Waals surface area contributed by atoms with Gasteiger partial charge < -0.3 is 10.4 Å². The van der Waals surface area contributed by atoms with Gasteiger partial charge in [0, 0.05) is 6.54 Å². The Morgan fingerprint density at radius 2 is 2.24 bits per heavy atom. The maximum Gasteiger partial charge on any atom is 0.335 e. The highest BCUT2D eigenvalue weighted by atomic mass is 32.1. The van der Waals surface area contributed by atoms with Gasteiger partial charge in [-0.15, -0.1) is 10.2 Å². The van der Waals surface area contributed by atoms with Crippen LogP contribution in [-0.2, 0) is 6.42 Å². The van der Waals surface area contributed by atoms with Crippen molar-refractivity contribution in [3.63, 3.8) is 0 Å². The Morgan fingerprint density at radius 1 is 1.41 bits per heavy atom. The lowest BCUT2D eigenvalue weighted by Crippen LogP contribution is -2.09. The monoisotopic (exact) mass is 249 g/mol. The smallest absolute Gasteiger partial charge is 0.335 e. The summed E-state index contributed by atoms with van der Waals surface area (Å²) in [7, 11) is 0. The summed E-state index contributed by atoms with van der Waals surface area (Å²) in [4.78, 5) is 11.0. The maximum absolute atomic E-state index is 11.0. The molecule has 1 heterocycles. The molecule has 0 aliphatic carbocycles. The molecule has 5 nitrogen and oxygen atoms in total. The largest absolute Gasteiger partial charge is 0.478 e. The summed E-state index contributed by atoms with van der Waals surface area (Å²) in [6, 6.07) is 7.01. The Bertz CT molecular complexity index is 499. The molecule has 17 heavy (non-hydrogen) atoms. The summed E-state index contributed by atoms with van der Waals surface area (Å²) in [6.45, 7) is 0.638. The first kappa shape index (κ1) is 11.5. The highest BCUT2D eigenvalue weighted by molar-refractivity contribution is 7.13. The number of aromatic nitrogens is 2. The zero-order valence-corrected chi connectivity index (χ0v) is 9.78. The van der Waals surface area contributed by atoms with Gasteiger partial charge in [0.2, 0.25) is 5.13 Å². The molecule has 0 aliphatic heterocycles. The standard InChI is InChI=1S/C11H11N3O2S/c15-10(16)9-4-2-1-3-8(9)5-6-12-11-14-13-7-17-11/h1-4,7H,5-6H2,(H,12,14)(H,15,16). The molecular formula is C11H11N3O2S. The van der Waals surface area contributed by atoms with Crippen LogP contribution in [0.1, 0.15) is 15.9 Å². The molecule has 2 rings (SSSR count). The Kier molecular flexibility index (Phi) is 3.66. The van der Waals surface area contributed by atoms with Gasteiger partial charge >= 0.3 is 5.97 Å². The van der Waals surface area contributed by atoms with E-state index in [1.54, 1.807) is 17.6 Å². The van der Waals surface area contributed by atoms with Crippen LogP contribution < -0.4 is 5.32 Å². The molecule has 2 aromatic rings. The Morgan fingerprint density at radius 3 is 2.94 bits per heavy atom. The quantitative estimate of drug-likeness (QED) is 0.846. The Hall–Kier alpha value is -1.95. The van der Waals surface area contributed by atoms with E-state index in [4.69, 9.17) is 5.11 Å². The van der Waals surface area contributed by atoms with Crippen molar-refractivity contribution < 1.29 is 9.90 Å². The van der Waals surface area contributed by atoms with Gasteiger partial charge in [0.1, 0.15) is 5.51 Å². The Labute approximate surface area is 102 Å². The van der Waals surface area contributed by atoms with E-state index < -0.39 is 5.97 Å². The third kappa shape index (κ3) is 3.01. The predicted molar refractivity (Wildman–Crippen MR) is 65.5 cm³/mol. The second kappa shape index (κ2) is 5.40. The van der Waals surface area contributed by atoms with Crippen molar-refractivity contribution in [2.24, 2.45) is 0 Å². The number of anilines is 1. The van der Waals surface area contributed by atoms with Crippen molar-refractivity contribution in [1.29, 1.82) is 0 Å². The van der Waals surface area contributed by atoms with Crippen molar-refractivity contribution in [3.05, 3.63) is 40.9 Å². The molecule has 0 bridgehead atoms. The molecule has 0 spiro atoms. The highest BCUT2D eigenvalue weighted by Gasteiger charge is 2.08. The van der Waals surface area contributed by atoms with Crippen LogP contribution in [0.25, 0.3) is 0 Å². The van der Waals surface area contributed by atoms with Crippen LogP contribution in [0.4, 0.5) is 5.13 Å². The van der Waals surface area contributed by atoms with Crippen molar-refractivity contribution in [2.75, 3.05) is 11.9 Å². The van der Waals surface area contributed by atoms with Gasteiger partial charge in [0.05, 0.1) is 5.56 Å². The van der Waals surface area contributed by atoms with Crippen LogP contribution in [0.5, 0.6) is 0 Å². The second-order valence-electron chi connectivity index (χ2n) is 3.38. The maximum atomic E-state index is 11.0. The predicted octanol–water partition coefficient (Wildman–Crippen LogP) is 1.89. The lowest BCUT2D eigenvalue weighted by Gasteiger charge is -2.05. The first-order valence-electron chi connectivity index (χ1n) is 5.08. The van der Waals surface area contributed by atoms with Gasteiger partial charge in [-0.05, 0) is 18.1 Å². The minimum absolute atomic E-state index is 0.353. The van der Waals surface area contributed by atoms with E-state index in [2.05, 4.69) is 15.5 Å². The average molecular weight is 249 g/mol. The van der Waals surface area contributed by atoms with Gasteiger partial charge in [0.25, 0.3) is 0 Å². The van der Waals surface area contributed by atoms with E-state index in [-0.39, 0.29) is 0 Å². The summed E-state index contributed by atoms with van der Waals surface area (Å²) in [5.74, 6) is -0.892. The van der Waals surface area contributed by atoms with Crippen molar-refractivity contribution in [1.82, 2.24) is 10.2 Å². The molecule has 1 aromatic carbocycles. The van der Waals surface area contributed by atoms with Gasteiger partial charge in [-0.3, -0.25) is 0 Å². The summed E-state index contributed by atoms with van der Waals surface area (Å²) < 4.78 is 0. The molecule has 0 saturated heterocycles. The van der Waals surface area contributed by atoms with Gasteiger partial charge in [-0.25, -0.2) is 4.79 Å². The number of carboxylic acid groups (broad SMARTS) is 1. The van der Waals surface area contributed by atoms with Crippen LogP contribution in [0.15, 0.2) is 29.8 Å². The third-order valence-electron chi connectivity index (χ3n) is 2.28. The van der Waals surface area contributed by atoms with Crippen LogP contribution in [0.2, 0.25) is 0 Å². The molecule has 1 aromatic heterocycles. The number of nitrogens with one attached hydrogen (secondary N) is 1. The van der Waals surface area contributed by atoms with Gasteiger partial charge in [-0.1, -0.05) is 29.5 Å². The number of benzene rings is 1. The normalized spacial score (nSPS) is 10.1. The number of rotatable bonds is 5. The van der Waals surface area contributed by atoms with E-state index in [9.17, 15) is 4.79 Å². The van der Waals surface area contributed by atoms with E-state index in [0.29, 0.717) is 18.5 Å². The van der Waals surface area contributed by atoms with Crippen LogP contribution in [-0.4, -0.2) is 27.8 Å². The number of carbonyl (C=O) groups is 1. The van der Waals surface area contributed by atoms with Crippen molar-refractivity contribution in [3.8, 4) is 0 Å². The number of nitrogens with zero attached hydrogens (tertiary/aromatic N) is 2. The molecule has 6 heteroatoms. The van der Waals surface area contributed by atoms with Crippen LogP contribution in [0, 0.1) is 0 Å². The van der Waals surface area contributed by atoms with Gasteiger partial charge in [-0.2, -0.15) is 0 Å². The molecule has 0 fully saturated rings. The number of hydrogen-bond donors (Lipinski definition) is 2. The summed E-state index contributed by atoms with van der Waals surface area (Å²) in [5.41, 5.74) is 2.82. The fourth-order valence-electron chi connectivity index (χ4n) is 1.50. The van der Waals surface area contributed by atoms with E-state index in [0.717, 1.165) is 10.7 Å². The zero-order valence-electron chi connectivity index (χ0n) is 8.96. The van der Waals surface area contributed by atoms with Crippen LogP contribution >= 0.6 is 11.3 Å². The molecule has 2 N–H and O–H groups in total. The SMILES string of the molecule is O=C(O)c1ccccc1CCNc1nncs1. The van der Waals surface area contributed by atoms with Crippen molar-refractivity contribution >= 4 is 22.4 Å². The second-order valence-corrected chi connectivity index (χ2v) is 4.22. The highest BCUT2D eigenvalue weighted by Crippen LogP contribution is 2.11. The fourth-order valence-corrected chi connectivity index (χ4v) is 1.97. The van der Waals surface area contributed by atoms with Crippen LogP contribution in [0.3, 0.4) is 0 Å². The molecule has 0 unspecified atom stereocenters. The van der Waals surface area contributed by atoms with E-state index >= 15 is 0 Å². The molecule has 0 atom stereocenters. The first-order chi connectivity index (χ1) is 8.27. The first-order valence-corrected chi connectivity index (χ1v) is 5.96. The molecule has 0 amide bonds. The molecule has 0 aliphatic rings. The number of aromatic carboxylic acids is 1. The minimum atomic E-state index is -0.892. The third-order valence-corrected chi connectivity index (χ3v) is 2.93. The molecule has 88 valence electrons. The molecular weight excluding hydrogens is 238 g/mol. The molecule has 0 saturated carbocycles. The molecule has 0 radical (unpaired) electrons. The Balaban J connectivity index is 1.97. The summed E-state index contributed by atoms with van der Waals surface area (Å²) in [5, 5.41) is 20.4. The van der Waals surface area contributed by atoms with Crippen molar-refractivity contribution in [2.45, 2.75) is 6.42 Å². The van der Waals surface area contributed by atoms with Gasteiger partial charge in [0.15, 0.2) is 0 Å². The summed E-state index contributed by atoms with van der Waals surface area (Å²) in [6.07, 6.45) is 0.641. The lowest BCUT2D eigenvalue weighted by atomic mass is 10.1. The van der Waals surface area contributed by atoms with E-state index in [1.165, 1.54) is 11.3 Å². The number of hydrogen-bond acceptors (Lipinski definition) is 5. The zero-order chi connectivity index (χ0) is 12.1.